The number of nitrogens with two attached hydrogens (primary N) is 1. The van der Waals surface area contributed by atoms with Gasteiger partial charge in [-0.3, -0.25) is 0 Å². The smallest absolute Gasteiger partial charge is 0.0522 e. The summed E-state index contributed by atoms with van der Waals surface area (Å²) in [7, 11) is 0. The first-order valence-corrected chi connectivity index (χ1v) is 7.25. The van der Waals surface area contributed by atoms with Crippen molar-refractivity contribution in [3.8, 4) is 0 Å². The number of rotatable bonds is 2. The molecule has 0 saturated heterocycles. The molecule has 1 aromatic carbocycles. The van der Waals surface area contributed by atoms with Gasteiger partial charge in [0.25, 0.3) is 0 Å². The van der Waals surface area contributed by atoms with Gasteiger partial charge in [0.15, 0.2) is 0 Å². The fraction of sp³-hybridized carbons (Fsp3) is 0.429. The Morgan fingerprint density at radius 1 is 1.24 bits per heavy atom. The van der Waals surface area contributed by atoms with Crippen LogP contribution in [0.4, 0.5) is 0 Å². The first-order valence-electron chi connectivity index (χ1n) is 6.08. The third kappa shape index (κ3) is 3.34. The Morgan fingerprint density at radius 3 is 2.88 bits per heavy atom. The summed E-state index contributed by atoms with van der Waals surface area (Å²) in [5.74, 6) is 0. The van der Waals surface area contributed by atoms with Crippen molar-refractivity contribution in [1.29, 1.82) is 0 Å². The van der Waals surface area contributed by atoms with Crippen LogP contribution < -0.4 is 5.73 Å². The summed E-state index contributed by atoms with van der Waals surface area (Å²) in [5.41, 5.74) is 8.79. The molecule has 92 valence electrons. The molecule has 0 amide bonds. The average Bonchev–Trinajstić information content (AvgIpc) is 2.60. The van der Waals surface area contributed by atoms with Gasteiger partial charge in [-0.15, -0.1) is 0 Å². The summed E-state index contributed by atoms with van der Waals surface area (Å²) >= 11 is 9.59. The Labute approximate surface area is 116 Å². The maximum Gasteiger partial charge on any atom is 0.0522 e. The van der Waals surface area contributed by atoms with Gasteiger partial charge in [-0.05, 0) is 49.4 Å². The van der Waals surface area contributed by atoms with Crippen molar-refractivity contribution in [2.45, 2.75) is 38.1 Å². The topological polar surface area (TPSA) is 26.0 Å². The Bertz CT molecular complexity index is 428. The average molecular weight is 315 g/mol. The Balaban J connectivity index is 2.26. The maximum atomic E-state index is 6.35. The number of hydrogen-bond donors (Lipinski definition) is 1. The Hall–Kier alpha value is -0.310. The van der Waals surface area contributed by atoms with Crippen LogP contribution >= 0.6 is 27.5 Å². The van der Waals surface area contributed by atoms with E-state index in [4.69, 9.17) is 17.3 Å². The van der Waals surface area contributed by atoms with Crippen LogP contribution in [-0.2, 0) is 0 Å². The minimum atomic E-state index is -0.0267. The standard InChI is InChI=1S/C14H17BrClN/c15-13-8-7-11(16)9-12(13)14(17)10-5-3-1-2-4-6-10/h5,7-9,14H,1-4,6,17H2. The molecule has 0 bridgehead atoms. The fourth-order valence-electron chi connectivity index (χ4n) is 2.27. The van der Waals surface area contributed by atoms with Crippen molar-refractivity contribution in [2.24, 2.45) is 5.73 Å². The Morgan fingerprint density at radius 2 is 2.06 bits per heavy atom. The molecule has 1 aliphatic rings. The molecule has 1 nitrogen and oxygen atoms in total. The van der Waals surface area contributed by atoms with Crippen molar-refractivity contribution >= 4 is 27.5 Å². The molecule has 0 fully saturated rings. The minimum Gasteiger partial charge on any atom is -0.321 e. The molecule has 0 aliphatic heterocycles. The van der Waals surface area contributed by atoms with Crippen molar-refractivity contribution in [3.63, 3.8) is 0 Å². The second-order valence-corrected chi connectivity index (χ2v) is 5.81. The van der Waals surface area contributed by atoms with Crippen LogP contribution in [0, 0.1) is 0 Å². The van der Waals surface area contributed by atoms with Gasteiger partial charge in [-0.1, -0.05) is 45.6 Å². The Kier molecular flexibility index (Phi) is 4.66. The molecule has 1 unspecified atom stereocenters. The molecule has 0 radical (unpaired) electrons. The number of benzene rings is 1. The third-order valence-electron chi connectivity index (χ3n) is 3.27. The van der Waals surface area contributed by atoms with Crippen molar-refractivity contribution < 1.29 is 0 Å². The van der Waals surface area contributed by atoms with E-state index < -0.39 is 0 Å². The molecule has 2 rings (SSSR count). The molecule has 3 heteroatoms. The number of hydrogen-bond acceptors (Lipinski definition) is 1. The van der Waals surface area contributed by atoms with Crippen LogP contribution in [-0.4, -0.2) is 0 Å². The van der Waals surface area contributed by atoms with Crippen LogP contribution in [0.5, 0.6) is 0 Å². The molecule has 0 spiro atoms. The van der Waals surface area contributed by atoms with Gasteiger partial charge in [-0.25, -0.2) is 0 Å². The quantitative estimate of drug-likeness (QED) is 0.764. The van der Waals surface area contributed by atoms with Gasteiger partial charge >= 0.3 is 0 Å². The highest BCUT2D eigenvalue weighted by Gasteiger charge is 2.16. The monoisotopic (exact) mass is 313 g/mol. The first kappa shape index (κ1) is 13.1. The summed E-state index contributed by atoms with van der Waals surface area (Å²) in [6, 6.07) is 5.78. The van der Waals surface area contributed by atoms with E-state index in [1.807, 2.05) is 18.2 Å². The SMILES string of the molecule is NC(C1=CCCCCC1)c1cc(Cl)ccc1Br. The lowest BCUT2D eigenvalue weighted by Crippen LogP contribution is -2.14. The summed E-state index contributed by atoms with van der Waals surface area (Å²) in [6.07, 6.45) is 8.42. The van der Waals surface area contributed by atoms with E-state index in [-0.39, 0.29) is 6.04 Å². The zero-order valence-corrected chi connectivity index (χ0v) is 12.1. The summed E-state index contributed by atoms with van der Waals surface area (Å²) in [5, 5.41) is 0.743. The molecular weight excluding hydrogens is 298 g/mol. The van der Waals surface area contributed by atoms with Gasteiger partial charge in [0.2, 0.25) is 0 Å². The van der Waals surface area contributed by atoms with E-state index in [0.29, 0.717) is 0 Å². The van der Waals surface area contributed by atoms with Crippen LogP contribution in [0.25, 0.3) is 0 Å². The molecule has 1 atom stereocenters. The van der Waals surface area contributed by atoms with E-state index in [9.17, 15) is 0 Å². The van der Waals surface area contributed by atoms with E-state index in [0.717, 1.165) is 27.9 Å². The van der Waals surface area contributed by atoms with E-state index >= 15 is 0 Å². The lowest BCUT2D eigenvalue weighted by Gasteiger charge is -2.17. The van der Waals surface area contributed by atoms with Crippen LogP contribution in [0.3, 0.4) is 0 Å². The number of halogens is 2. The van der Waals surface area contributed by atoms with E-state index in [1.54, 1.807) is 0 Å². The predicted octanol–water partition coefficient (Wildman–Crippen LogP) is 4.99. The fourth-order valence-corrected chi connectivity index (χ4v) is 2.95. The zero-order valence-electron chi connectivity index (χ0n) is 9.76. The molecule has 0 saturated carbocycles. The molecule has 17 heavy (non-hydrogen) atoms. The van der Waals surface area contributed by atoms with Gasteiger partial charge < -0.3 is 5.73 Å². The number of allylic oxidation sites excluding steroid dienone is 1. The van der Waals surface area contributed by atoms with Gasteiger partial charge in [-0.2, -0.15) is 0 Å². The molecule has 2 N–H and O–H groups in total. The van der Waals surface area contributed by atoms with Crippen LogP contribution in [0.15, 0.2) is 34.3 Å². The van der Waals surface area contributed by atoms with Crippen LogP contribution in [0.1, 0.15) is 43.7 Å². The van der Waals surface area contributed by atoms with Gasteiger partial charge in [0.05, 0.1) is 6.04 Å². The van der Waals surface area contributed by atoms with Gasteiger partial charge in [0.1, 0.15) is 0 Å². The summed E-state index contributed by atoms with van der Waals surface area (Å²) in [6.45, 7) is 0. The maximum absolute atomic E-state index is 6.35. The van der Waals surface area contributed by atoms with Crippen molar-refractivity contribution in [2.75, 3.05) is 0 Å². The summed E-state index contributed by atoms with van der Waals surface area (Å²) in [4.78, 5) is 0. The lowest BCUT2D eigenvalue weighted by atomic mass is 9.96. The molecular formula is C14H17BrClN. The van der Waals surface area contributed by atoms with Gasteiger partial charge in [0, 0.05) is 9.50 Å². The molecule has 0 heterocycles. The van der Waals surface area contributed by atoms with Crippen molar-refractivity contribution in [1.82, 2.24) is 0 Å². The van der Waals surface area contributed by atoms with Crippen molar-refractivity contribution in [3.05, 3.63) is 44.9 Å². The largest absolute Gasteiger partial charge is 0.321 e. The highest BCUT2D eigenvalue weighted by Crippen LogP contribution is 2.32. The first-order chi connectivity index (χ1) is 8.18. The van der Waals surface area contributed by atoms with Crippen LogP contribution in [0.2, 0.25) is 5.02 Å². The molecule has 1 aliphatic carbocycles. The minimum absolute atomic E-state index is 0.0267. The highest BCUT2D eigenvalue weighted by molar-refractivity contribution is 9.10. The second-order valence-electron chi connectivity index (χ2n) is 4.52. The predicted molar refractivity (Wildman–Crippen MR) is 77.2 cm³/mol. The second kappa shape index (κ2) is 6.03. The molecule has 0 aromatic heterocycles. The lowest BCUT2D eigenvalue weighted by molar-refractivity contribution is 0.687. The third-order valence-corrected chi connectivity index (χ3v) is 4.23. The summed E-state index contributed by atoms with van der Waals surface area (Å²) < 4.78 is 1.04. The van der Waals surface area contributed by atoms with E-state index in [2.05, 4.69) is 22.0 Å². The normalized spacial score (nSPS) is 18.4. The molecule has 1 aromatic rings. The zero-order chi connectivity index (χ0) is 12.3. The van der Waals surface area contributed by atoms with E-state index in [1.165, 1.54) is 24.8 Å². The highest BCUT2D eigenvalue weighted by atomic mass is 79.9.